The third kappa shape index (κ3) is 3.74. The number of tetrazole rings is 1. The Morgan fingerprint density at radius 1 is 0.933 bits per heavy atom. The average molecular weight is 401 g/mol. The Bertz CT molecular complexity index is 1260. The second-order valence-electron chi connectivity index (χ2n) is 7.31. The van der Waals surface area contributed by atoms with Crippen LogP contribution in [0.4, 0.5) is 0 Å². The van der Waals surface area contributed by atoms with E-state index < -0.39 is 0 Å². The maximum Gasteiger partial charge on any atom is 0.368 e. The molecule has 4 aromatic rings. The summed E-state index contributed by atoms with van der Waals surface area (Å²) in [6, 6.07) is 18.0. The van der Waals surface area contributed by atoms with Crippen LogP contribution in [0.2, 0.25) is 0 Å². The fourth-order valence-electron chi connectivity index (χ4n) is 3.34. The monoisotopic (exact) mass is 401 g/mol. The number of hydrogen-bond donors (Lipinski definition) is 0. The molecule has 0 fully saturated rings. The number of aryl methyl sites for hydroxylation is 4. The summed E-state index contributed by atoms with van der Waals surface area (Å²) in [5, 5.41) is 7.75. The molecule has 2 heterocycles. The van der Waals surface area contributed by atoms with Gasteiger partial charge in [0.15, 0.2) is 0 Å². The summed E-state index contributed by atoms with van der Waals surface area (Å²) in [6.45, 7) is 6.28. The molecule has 0 saturated heterocycles. The summed E-state index contributed by atoms with van der Waals surface area (Å²) >= 11 is 0. The van der Waals surface area contributed by atoms with E-state index in [0.29, 0.717) is 11.6 Å². The molecule has 0 unspecified atom stereocenters. The highest BCUT2D eigenvalue weighted by Gasteiger charge is 2.14. The van der Waals surface area contributed by atoms with Gasteiger partial charge in [-0.2, -0.15) is 9.36 Å². The van der Waals surface area contributed by atoms with Gasteiger partial charge >= 0.3 is 5.69 Å². The predicted molar refractivity (Wildman–Crippen MR) is 115 cm³/mol. The summed E-state index contributed by atoms with van der Waals surface area (Å²) in [5.74, 6) is 0.532. The van der Waals surface area contributed by atoms with Crippen molar-refractivity contribution in [2.45, 2.75) is 27.4 Å². The maximum absolute atomic E-state index is 12.3. The van der Waals surface area contributed by atoms with Gasteiger partial charge in [0.05, 0.1) is 5.69 Å². The largest absolute Gasteiger partial charge is 0.473 e. The van der Waals surface area contributed by atoms with Gasteiger partial charge in [-0.05, 0) is 54.5 Å². The molecule has 152 valence electrons. The van der Waals surface area contributed by atoms with E-state index in [1.54, 1.807) is 7.05 Å². The molecule has 7 heteroatoms. The normalized spacial score (nSPS) is 10.9. The molecule has 4 rings (SSSR count). The SMILES string of the molecule is Cc1ccc(-c2ccc(OCc3c(C)cccc3-n3nnn(C)c3=O)nc2C)cc1. The molecular formula is C23H23N5O2. The zero-order valence-electron chi connectivity index (χ0n) is 17.5. The number of ether oxygens (including phenoxy) is 1. The average Bonchev–Trinajstić information content (AvgIpc) is 3.06. The van der Waals surface area contributed by atoms with Gasteiger partial charge in [-0.3, -0.25) is 0 Å². The van der Waals surface area contributed by atoms with Crippen molar-refractivity contribution in [2.75, 3.05) is 0 Å². The molecule has 0 bridgehead atoms. The molecule has 0 atom stereocenters. The Hall–Kier alpha value is -3.74. The lowest BCUT2D eigenvalue weighted by molar-refractivity contribution is 0.292. The van der Waals surface area contributed by atoms with Crippen LogP contribution in [0.3, 0.4) is 0 Å². The molecule has 0 amide bonds. The lowest BCUT2D eigenvalue weighted by Crippen LogP contribution is -2.23. The highest BCUT2D eigenvalue weighted by Crippen LogP contribution is 2.26. The zero-order chi connectivity index (χ0) is 21.3. The van der Waals surface area contributed by atoms with Gasteiger partial charge in [0, 0.05) is 29.9 Å². The first-order valence-electron chi connectivity index (χ1n) is 9.69. The molecular weight excluding hydrogens is 378 g/mol. The third-order valence-corrected chi connectivity index (χ3v) is 5.12. The Morgan fingerprint density at radius 3 is 2.37 bits per heavy atom. The summed E-state index contributed by atoms with van der Waals surface area (Å²) in [6.07, 6.45) is 0. The minimum atomic E-state index is -0.307. The lowest BCUT2D eigenvalue weighted by atomic mass is 10.0. The summed E-state index contributed by atoms with van der Waals surface area (Å²) in [7, 11) is 1.57. The van der Waals surface area contributed by atoms with E-state index in [1.807, 2.05) is 44.2 Å². The van der Waals surface area contributed by atoms with Crippen molar-refractivity contribution in [2.24, 2.45) is 7.05 Å². The van der Waals surface area contributed by atoms with Gasteiger partial charge in [-0.1, -0.05) is 42.0 Å². The molecule has 30 heavy (non-hydrogen) atoms. The zero-order valence-corrected chi connectivity index (χ0v) is 17.5. The third-order valence-electron chi connectivity index (χ3n) is 5.12. The molecule has 7 nitrogen and oxygen atoms in total. The first-order valence-corrected chi connectivity index (χ1v) is 9.69. The topological polar surface area (TPSA) is 74.8 Å². The van der Waals surface area contributed by atoms with Crippen molar-refractivity contribution in [3.8, 4) is 22.7 Å². The molecule has 0 aliphatic heterocycles. The van der Waals surface area contributed by atoms with E-state index in [-0.39, 0.29) is 12.3 Å². The second-order valence-corrected chi connectivity index (χ2v) is 7.31. The lowest BCUT2D eigenvalue weighted by Gasteiger charge is -2.13. The Kier molecular flexibility index (Phi) is 5.18. The van der Waals surface area contributed by atoms with E-state index in [9.17, 15) is 4.79 Å². The second kappa shape index (κ2) is 7.94. The van der Waals surface area contributed by atoms with Crippen molar-refractivity contribution in [3.05, 3.63) is 87.5 Å². The van der Waals surface area contributed by atoms with Crippen molar-refractivity contribution in [1.82, 2.24) is 24.8 Å². The number of hydrogen-bond acceptors (Lipinski definition) is 5. The molecule has 0 N–H and O–H groups in total. The van der Waals surface area contributed by atoms with Crippen LogP contribution < -0.4 is 10.4 Å². The minimum absolute atomic E-state index is 0.265. The van der Waals surface area contributed by atoms with Gasteiger partial charge in [0.1, 0.15) is 6.61 Å². The van der Waals surface area contributed by atoms with E-state index >= 15 is 0 Å². The standard InChI is InChI=1S/C23H23N5O2/c1-15-8-10-18(11-9-15)19-12-13-22(24-17(19)3)30-14-20-16(2)6-5-7-21(20)28-23(29)27(4)25-26-28/h5-13H,14H2,1-4H3. The Morgan fingerprint density at radius 2 is 1.70 bits per heavy atom. The first-order chi connectivity index (χ1) is 14.4. The van der Waals surface area contributed by atoms with E-state index in [1.165, 1.54) is 14.9 Å². The number of rotatable bonds is 5. The highest BCUT2D eigenvalue weighted by atomic mass is 16.5. The van der Waals surface area contributed by atoms with Crippen molar-refractivity contribution < 1.29 is 4.74 Å². The number of nitrogens with zero attached hydrogens (tertiary/aromatic N) is 5. The van der Waals surface area contributed by atoms with Crippen molar-refractivity contribution >= 4 is 0 Å². The van der Waals surface area contributed by atoms with Crippen LogP contribution in [0, 0.1) is 20.8 Å². The molecule has 0 aliphatic rings. The number of aromatic nitrogens is 5. The number of pyridine rings is 1. The van der Waals surface area contributed by atoms with Crippen molar-refractivity contribution in [1.29, 1.82) is 0 Å². The molecule has 0 spiro atoms. The minimum Gasteiger partial charge on any atom is -0.473 e. The Labute approximate surface area is 174 Å². The molecule has 0 saturated carbocycles. The molecule has 0 radical (unpaired) electrons. The van der Waals surface area contributed by atoms with Gasteiger partial charge in [0.2, 0.25) is 5.88 Å². The van der Waals surface area contributed by atoms with Crippen LogP contribution >= 0.6 is 0 Å². The quantitative estimate of drug-likeness (QED) is 0.511. The Balaban J connectivity index is 1.60. The number of benzene rings is 2. The maximum atomic E-state index is 12.3. The van der Waals surface area contributed by atoms with E-state index in [4.69, 9.17) is 4.74 Å². The van der Waals surface area contributed by atoms with Gasteiger partial charge < -0.3 is 4.74 Å². The van der Waals surface area contributed by atoms with Crippen LogP contribution in [0.5, 0.6) is 5.88 Å². The van der Waals surface area contributed by atoms with Crippen LogP contribution in [0.1, 0.15) is 22.4 Å². The van der Waals surface area contributed by atoms with Crippen molar-refractivity contribution in [3.63, 3.8) is 0 Å². The molecule has 2 aromatic carbocycles. The van der Waals surface area contributed by atoms with Crippen LogP contribution in [0.15, 0.2) is 59.4 Å². The highest BCUT2D eigenvalue weighted by molar-refractivity contribution is 5.66. The van der Waals surface area contributed by atoms with Gasteiger partial charge in [-0.25, -0.2) is 9.78 Å². The smallest absolute Gasteiger partial charge is 0.368 e. The van der Waals surface area contributed by atoms with Crippen LogP contribution in [-0.2, 0) is 13.7 Å². The van der Waals surface area contributed by atoms with Crippen LogP contribution in [-0.4, -0.2) is 24.8 Å². The van der Waals surface area contributed by atoms with E-state index in [0.717, 1.165) is 27.9 Å². The fraction of sp³-hybridized carbons (Fsp3) is 0.217. The molecule has 0 aliphatic carbocycles. The van der Waals surface area contributed by atoms with Gasteiger partial charge in [-0.15, -0.1) is 0 Å². The first kappa shape index (κ1) is 19.6. The molecule has 2 aromatic heterocycles. The van der Waals surface area contributed by atoms with Crippen LogP contribution in [0.25, 0.3) is 16.8 Å². The summed E-state index contributed by atoms with van der Waals surface area (Å²) < 4.78 is 8.47. The summed E-state index contributed by atoms with van der Waals surface area (Å²) in [4.78, 5) is 16.9. The predicted octanol–water partition coefficient (Wildman–Crippen LogP) is 3.53. The summed E-state index contributed by atoms with van der Waals surface area (Å²) in [5.41, 5.74) is 6.53. The van der Waals surface area contributed by atoms with E-state index in [2.05, 4.69) is 46.6 Å². The van der Waals surface area contributed by atoms with Gasteiger partial charge in [0.25, 0.3) is 0 Å². The fourth-order valence-corrected chi connectivity index (χ4v) is 3.34.